The summed E-state index contributed by atoms with van der Waals surface area (Å²) in [5.41, 5.74) is 2.55. The maximum absolute atomic E-state index is 11.7. The Labute approximate surface area is 135 Å². The third-order valence-corrected chi connectivity index (χ3v) is 5.03. The standard InChI is InChI=1S/C17H24BrNO2/c1-3-21-17(20)14-6-8-15(9-7-14)19-11-13-5-4-12(2)16(18)10-13/h4-5,10,14-15,19H,3,6-9,11H2,1-2H3. The number of ether oxygens (including phenoxy) is 1. The maximum atomic E-state index is 11.7. The van der Waals surface area contributed by atoms with Crippen LogP contribution >= 0.6 is 15.9 Å². The normalized spacial score (nSPS) is 22.0. The molecule has 0 unspecified atom stereocenters. The number of benzene rings is 1. The Bertz CT molecular complexity index is 482. The van der Waals surface area contributed by atoms with Crippen molar-refractivity contribution in [3.63, 3.8) is 0 Å². The molecule has 0 radical (unpaired) electrons. The van der Waals surface area contributed by atoms with E-state index in [0.717, 1.165) is 36.7 Å². The Morgan fingerprint density at radius 2 is 2.05 bits per heavy atom. The van der Waals surface area contributed by atoms with Crippen molar-refractivity contribution in [2.45, 2.75) is 52.1 Å². The van der Waals surface area contributed by atoms with Gasteiger partial charge in [-0.1, -0.05) is 28.1 Å². The van der Waals surface area contributed by atoms with Crippen LogP contribution in [0.3, 0.4) is 0 Å². The molecule has 0 aliphatic heterocycles. The van der Waals surface area contributed by atoms with Crippen molar-refractivity contribution in [2.24, 2.45) is 5.92 Å². The van der Waals surface area contributed by atoms with Crippen LogP contribution < -0.4 is 5.32 Å². The molecule has 0 heterocycles. The number of rotatable bonds is 5. The highest BCUT2D eigenvalue weighted by Gasteiger charge is 2.26. The van der Waals surface area contributed by atoms with E-state index in [-0.39, 0.29) is 11.9 Å². The summed E-state index contributed by atoms with van der Waals surface area (Å²) in [5, 5.41) is 3.60. The molecule has 116 valence electrons. The van der Waals surface area contributed by atoms with E-state index in [1.807, 2.05) is 6.92 Å². The Morgan fingerprint density at radius 1 is 1.33 bits per heavy atom. The lowest BCUT2D eigenvalue weighted by molar-refractivity contribution is -0.149. The van der Waals surface area contributed by atoms with Gasteiger partial charge in [0.15, 0.2) is 0 Å². The number of hydrogen-bond donors (Lipinski definition) is 1. The van der Waals surface area contributed by atoms with Crippen LogP contribution in [0, 0.1) is 12.8 Å². The molecule has 1 aromatic carbocycles. The zero-order valence-corrected chi connectivity index (χ0v) is 14.4. The molecule has 0 spiro atoms. The van der Waals surface area contributed by atoms with Crippen LogP contribution in [-0.4, -0.2) is 18.6 Å². The Kier molecular flexibility index (Phi) is 6.24. The lowest BCUT2D eigenvalue weighted by atomic mass is 9.86. The lowest BCUT2D eigenvalue weighted by Gasteiger charge is -2.28. The number of nitrogens with one attached hydrogen (secondary N) is 1. The van der Waals surface area contributed by atoms with E-state index < -0.39 is 0 Å². The van der Waals surface area contributed by atoms with Gasteiger partial charge in [-0.2, -0.15) is 0 Å². The molecule has 1 fully saturated rings. The van der Waals surface area contributed by atoms with Gasteiger partial charge in [0.05, 0.1) is 12.5 Å². The number of carbonyl (C=O) groups is 1. The van der Waals surface area contributed by atoms with Gasteiger partial charge in [0.2, 0.25) is 0 Å². The molecule has 3 nitrogen and oxygen atoms in total. The molecule has 1 aliphatic carbocycles. The highest BCUT2D eigenvalue weighted by atomic mass is 79.9. The molecule has 0 bridgehead atoms. The van der Waals surface area contributed by atoms with Crippen LogP contribution in [0.4, 0.5) is 0 Å². The van der Waals surface area contributed by atoms with E-state index in [1.54, 1.807) is 0 Å². The van der Waals surface area contributed by atoms with Crippen molar-refractivity contribution < 1.29 is 9.53 Å². The first-order valence-corrected chi connectivity index (χ1v) is 8.54. The zero-order valence-electron chi connectivity index (χ0n) is 12.8. The van der Waals surface area contributed by atoms with E-state index in [0.29, 0.717) is 12.6 Å². The van der Waals surface area contributed by atoms with Gasteiger partial charge in [-0.05, 0) is 56.7 Å². The van der Waals surface area contributed by atoms with Gasteiger partial charge in [-0.25, -0.2) is 0 Å². The fourth-order valence-electron chi connectivity index (χ4n) is 2.80. The third-order valence-electron chi connectivity index (χ3n) is 4.18. The molecule has 2 rings (SSSR count). The molecule has 4 heteroatoms. The Hall–Kier alpha value is -0.870. The molecule has 1 aliphatic rings. The Balaban J connectivity index is 1.76. The summed E-state index contributed by atoms with van der Waals surface area (Å²) in [7, 11) is 0. The quantitative estimate of drug-likeness (QED) is 0.814. The number of halogens is 1. The number of hydrogen-bond acceptors (Lipinski definition) is 3. The number of esters is 1. The van der Waals surface area contributed by atoms with Crippen LogP contribution in [-0.2, 0) is 16.1 Å². The van der Waals surface area contributed by atoms with Crippen molar-refractivity contribution in [3.05, 3.63) is 33.8 Å². The highest BCUT2D eigenvalue weighted by molar-refractivity contribution is 9.10. The summed E-state index contributed by atoms with van der Waals surface area (Å²) in [6.07, 6.45) is 3.98. The van der Waals surface area contributed by atoms with Crippen molar-refractivity contribution in [1.82, 2.24) is 5.32 Å². The number of carbonyl (C=O) groups excluding carboxylic acids is 1. The predicted octanol–water partition coefficient (Wildman–Crippen LogP) is 3.97. The van der Waals surface area contributed by atoms with Crippen molar-refractivity contribution >= 4 is 21.9 Å². The lowest BCUT2D eigenvalue weighted by Crippen LogP contribution is -2.35. The molecular weight excluding hydrogens is 330 g/mol. The monoisotopic (exact) mass is 353 g/mol. The minimum atomic E-state index is -0.0154. The summed E-state index contributed by atoms with van der Waals surface area (Å²) >= 11 is 3.57. The van der Waals surface area contributed by atoms with Crippen LogP contribution in [0.15, 0.2) is 22.7 Å². The average Bonchev–Trinajstić information content (AvgIpc) is 2.49. The van der Waals surface area contributed by atoms with Gasteiger partial charge in [0.1, 0.15) is 0 Å². The van der Waals surface area contributed by atoms with Crippen LogP contribution in [0.2, 0.25) is 0 Å². The van der Waals surface area contributed by atoms with Gasteiger partial charge in [-0.3, -0.25) is 4.79 Å². The molecule has 1 N–H and O–H groups in total. The molecular formula is C17H24BrNO2. The molecule has 0 aromatic heterocycles. The largest absolute Gasteiger partial charge is 0.466 e. The fourth-order valence-corrected chi connectivity index (χ4v) is 3.23. The molecule has 0 saturated heterocycles. The second-order valence-electron chi connectivity index (χ2n) is 5.77. The predicted molar refractivity (Wildman–Crippen MR) is 88.1 cm³/mol. The van der Waals surface area contributed by atoms with Crippen LogP contribution in [0.5, 0.6) is 0 Å². The second kappa shape index (κ2) is 7.95. The smallest absolute Gasteiger partial charge is 0.308 e. The van der Waals surface area contributed by atoms with Gasteiger partial charge in [0.25, 0.3) is 0 Å². The number of aryl methyl sites for hydroxylation is 1. The molecule has 1 saturated carbocycles. The van der Waals surface area contributed by atoms with Gasteiger partial charge in [0, 0.05) is 17.1 Å². The minimum Gasteiger partial charge on any atom is -0.466 e. The van der Waals surface area contributed by atoms with E-state index in [9.17, 15) is 4.79 Å². The summed E-state index contributed by atoms with van der Waals surface area (Å²) < 4.78 is 6.27. The summed E-state index contributed by atoms with van der Waals surface area (Å²) in [4.78, 5) is 11.7. The van der Waals surface area contributed by atoms with E-state index in [2.05, 4.69) is 46.4 Å². The van der Waals surface area contributed by atoms with Gasteiger partial charge < -0.3 is 10.1 Å². The zero-order chi connectivity index (χ0) is 15.2. The molecule has 1 aromatic rings. The first kappa shape index (κ1) is 16.5. The molecule has 21 heavy (non-hydrogen) atoms. The van der Waals surface area contributed by atoms with Crippen molar-refractivity contribution in [1.29, 1.82) is 0 Å². The van der Waals surface area contributed by atoms with Crippen molar-refractivity contribution in [3.8, 4) is 0 Å². The summed E-state index contributed by atoms with van der Waals surface area (Å²) in [6.45, 7) is 5.33. The highest BCUT2D eigenvalue weighted by Crippen LogP contribution is 2.26. The van der Waals surface area contributed by atoms with Crippen LogP contribution in [0.25, 0.3) is 0 Å². The first-order chi connectivity index (χ1) is 10.1. The van der Waals surface area contributed by atoms with E-state index in [1.165, 1.54) is 11.1 Å². The minimum absolute atomic E-state index is 0.0154. The maximum Gasteiger partial charge on any atom is 0.308 e. The third kappa shape index (κ3) is 4.82. The van der Waals surface area contributed by atoms with E-state index in [4.69, 9.17) is 4.74 Å². The van der Waals surface area contributed by atoms with Gasteiger partial charge >= 0.3 is 5.97 Å². The van der Waals surface area contributed by atoms with E-state index >= 15 is 0 Å². The average molecular weight is 354 g/mol. The van der Waals surface area contributed by atoms with Crippen LogP contribution in [0.1, 0.15) is 43.7 Å². The molecule has 0 amide bonds. The summed E-state index contributed by atoms with van der Waals surface area (Å²) in [5.74, 6) is 0.0925. The van der Waals surface area contributed by atoms with Crippen molar-refractivity contribution in [2.75, 3.05) is 6.61 Å². The molecule has 0 atom stereocenters. The second-order valence-corrected chi connectivity index (χ2v) is 6.62. The fraction of sp³-hybridized carbons (Fsp3) is 0.588. The SMILES string of the molecule is CCOC(=O)C1CCC(NCc2ccc(C)c(Br)c2)CC1. The Morgan fingerprint density at radius 3 is 2.67 bits per heavy atom. The van der Waals surface area contributed by atoms with Gasteiger partial charge in [-0.15, -0.1) is 0 Å². The summed E-state index contributed by atoms with van der Waals surface area (Å²) in [6, 6.07) is 6.98. The topological polar surface area (TPSA) is 38.3 Å². The first-order valence-electron chi connectivity index (χ1n) is 7.75.